The average Bonchev–Trinajstić information content (AvgIpc) is 2.40. The summed E-state index contributed by atoms with van der Waals surface area (Å²) in [4.78, 5) is 11.1. The summed E-state index contributed by atoms with van der Waals surface area (Å²) in [7, 11) is 0. The summed E-state index contributed by atoms with van der Waals surface area (Å²) in [6.45, 7) is 5.13. The van der Waals surface area contributed by atoms with E-state index in [1.807, 2.05) is 24.0 Å². The first-order chi connectivity index (χ1) is 8.33. The van der Waals surface area contributed by atoms with Gasteiger partial charge in [-0.3, -0.25) is 0 Å². The lowest BCUT2D eigenvalue weighted by Crippen LogP contribution is -2.35. The predicted molar refractivity (Wildman–Crippen MR) is 74.9 cm³/mol. The van der Waals surface area contributed by atoms with Crippen molar-refractivity contribution in [3.63, 3.8) is 0 Å². The van der Waals surface area contributed by atoms with Gasteiger partial charge in [-0.2, -0.15) is 16.7 Å². The van der Waals surface area contributed by atoms with Crippen molar-refractivity contribution < 1.29 is 0 Å². The van der Waals surface area contributed by atoms with Crippen LogP contribution in [0.2, 0.25) is 0 Å². The smallest absolute Gasteiger partial charge is 0.224 e. The Hall–Kier alpha value is -0.970. The van der Waals surface area contributed by atoms with E-state index in [9.17, 15) is 0 Å². The minimum atomic E-state index is 0.733. The van der Waals surface area contributed by atoms with Crippen LogP contribution in [0.15, 0.2) is 12.3 Å². The van der Waals surface area contributed by atoms with Gasteiger partial charge in [-0.15, -0.1) is 0 Å². The first-order valence-electron chi connectivity index (χ1n) is 6.18. The number of nitrogens with one attached hydrogen (secondary N) is 1. The number of hydrogen-bond donors (Lipinski definition) is 1. The van der Waals surface area contributed by atoms with Gasteiger partial charge in [0.05, 0.1) is 0 Å². The van der Waals surface area contributed by atoms with Gasteiger partial charge in [0.15, 0.2) is 0 Å². The fourth-order valence-corrected chi connectivity index (χ4v) is 2.77. The molecule has 0 amide bonds. The Morgan fingerprint density at radius 3 is 2.88 bits per heavy atom. The third-order valence-electron chi connectivity index (χ3n) is 3.08. The van der Waals surface area contributed by atoms with E-state index < -0.39 is 0 Å². The van der Waals surface area contributed by atoms with Crippen LogP contribution >= 0.6 is 11.8 Å². The minimum absolute atomic E-state index is 0.733. The third-order valence-corrected chi connectivity index (χ3v) is 4.21. The van der Waals surface area contributed by atoms with Crippen molar-refractivity contribution in [3.8, 4) is 0 Å². The highest BCUT2D eigenvalue weighted by Crippen LogP contribution is 2.24. The van der Waals surface area contributed by atoms with Crippen molar-refractivity contribution in [2.24, 2.45) is 0 Å². The van der Waals surface area contributed by atoms with E-state index in [2.05, 4.69) is 33.4 Å². The molecule has 0 aliphatic carbocycles. The number of piperidine rings is 1. The molecule has 0 bridgehead atoms. The van der Waals surface area contributed by atoms with Crippen LogP contribution in [0.4, 0.5) is 11.8 Å². The molecule has 0 aromatic carbocycles. The number of hydrogen-bond acceptors (Lipinski definition) is 5. The Balaban J connectivity index is 2.00. The van der Waals surface area contributed by atoms with Gasteiger partial charge in [-0.1, -0.05) is 0 Å². The summed E-state index contributed by atoms with van der Waals surface area (Å²) in [5, 5.41) is 3.97. The maximum atomic E-state index is 4.53. The van der Waals surface area contributed by atoms with Crippen LogP contribution in [-0.2, 0) is 0 Å². The number of rotatable bonds is 4. The summed E-state index contributed by atoms with van der Waals surface area (Å²) in [6.07, 6.45) is 6.54. The normalized spacial score (nSPS) is 17.2. The molecular weight excluding hydrogens is 232 g/mol. The third kappa shape index (κ3) is 3.25. The molecule has 5 heteroatoms. The van der Waals surface area contributed by atoms with E-state index in [0.717, 1.165) is 36.7 Å². The molecule has 0 spiro atoms. The van der Waals surface area contributed by atoms with Crippen LogP contribution in [0.1, 0.15) is 19.8 Å². The number of anilines is 2. The molecule has 1 saturated heterocycles. The first-order valence-corrected chi connectivity index (χ1v) is 7.47. The fraction of sp³-hybridized carbons (Fsp3) is 0.667. The highest BCUT2D eigenvalue weighted by Gasteiger charge is 2.19. The van der Waals surface area contributed by atoms with Crippen molar-refractivity contribution in [2.75, 3.05) is 36.1 Å². The molecule has 1 aromatic rings. The Morgan fingerprint density at radius 1 is 1.47 bits per heavy atom. The van der Waals surface area contributed by atoms with Gasteiger partial charge < -0.3 is 10.2 Å². The zero-order valence-corrected chi connectivity index (χ0v) is 11.3. The van der Waals surface area contributed by atoms with Crippen molar-refractivity contribution in [2.45, 2.75) is 25.0 Å². The maximum Gasteiger partial charge on any atom is 0.224 e. The van der Waals surface area contributed by atoms with Crippen molar-refractivity contribution >= 4 is 23.5 Å². The topological polar surface area (TPSA) is 41.1 Å². The van der Waals surface area contributed by atoms with Crippen LogP contribution in [0.5, 0.6) is 0 Å². The molecule has 0 radical (unpaired) electrons. The summed E-state index contributed by atoms with van der Waals surface area (Å²) >= 11 is 1.98. The molecule has 2 heterocycles. The Morgan fingerprint density at radius 2 is 2.24 bits per heavy atom. The molecule has 1 aliphatic rings. The predicted octanol–water partition coefficient (Wildman–Crippen LogP) is 2.24. The van der Waals surface area contributed by atoms with Crippen LogP contribution in [0.25, 0.3) is 0 Å². The van der Waals surface area contributed by atoms with Gasteiger partial charge in [0.2, 0.25) is 5.95 Å². The molecular formula is C12H20N4S. The number of nitrogens with zero attached hydrogens (tertiary/aromatic N) is 3. The number of thioether (sulfide) groups is 1. The highest BCUT2D eigenvalue weighted by atomic mass is 32.2. The van der Waals surface area contributed by atoms with Gasteiger partial charge in [-0.25, -0.2) is 4.98 Å². The van der Waals surface area contributed by atoms with E-state index in [4.69, 9.17) is 0 Å². The van der Waals surface area contributed by atoms with Crippen LogP contribution < -0.4 is 10.2 Å². The molecule has 2 rings (SSSR count). The van der Waals surface area contributed by atoms with Gasteiger partial charge in [-0.05, 0) is 32.1 Å². The summed E-state index contributed by atoms with van der Waals surface area (Å²) in [5.41, 5.74) is 0. The molecule has 94 valence electrons. The Labute approximate surface area is 107 Å². The SMILES string of the molecule is CCNc1nccc(N2CCC(SC)CC2)n1. The van der Waals surface area contributed by atoms with Gasteiger partial charge in [0.25, 0.3) is 0 Å². The van der Waals surface area contributed by atoms with Crippen molar-refractivity contribution in [1.29, 1.82) is 0 Å². The van der Waals surface area contributed by atoms with Crippen LogP contribution in [0.3, 0.4) is 0 Å². The fourth-order valence-electron chi connectivity index (χ4n) is 2.09. The first kappa shape index (κ1) is 12.5. The second kappa shape index (κ2) is 6.10. The van der Waals surface area contributed by atoms with Gasteiger partial charge in [0.1, 0.15) is 5.82 Å². The van der Waals surface area contributed by atoms with Crippen LogP contribution in [-0.4, -0.2) is 41.1 Å². The van der Waals surface area contributed by atoms with E-state index >= 15 is 0 Å². The molecule has 1 aliphatic heterocycles. The van der Waals surface area contributed by atoms with E-state index in [-0.39, 0.29) is 0 Å². The van der Waals surface area contributed by atoms with E-state index in [0.29, 0.717) is 0 Å². The Kier molecular flexibility index (Phi) is 4.48. The lowest BCUT2D eigenvalue weighted by atomic mass is 10.1. The standard InChI is InChI=1S/C12H20N4S/c1-3-13-12-14-7-4-11(15-12)16-8-5-10(17-2)6-9-16/h4,7,10H,3,5-6,8-9H2,1-2H3,(H,13,14,15). The van der Waals surface area contributed by atoms with Gasteiger partial charge in [0, 0.05) is 31.1 Å². The molecule has 1 fully saturated rings. The van der Waals surface area contributed by atoms with Crippen LogP contribution in [0, 0.1) is 0 Å². The lowest BCUT2D eigenvalue weighted by molar-refractivity contribution is 0.586. The minimum Gasteiger partial charge on any atom is -0.356 e. The second-order valence-electron chi connectivity index (χ2n) is 4.19. The van der Waals surface area contributed by atoms with E-state index in [1.54, 1.807) is 0 Å². The zero-order valence-electron chi connectivity index (χ0n) is 10.5. The Bertz CT molecular complexity index is 350. The molecule has 0 unspecified atom stereocenters. The maximum absolute atomic E-state index is 4.53. The summed E-state index contributed by atoms with van der Waals surface area (Å²) in [6, 6.07) is 2.00. The largest absolute Gasteiger partial charge is 0.356 e. The highest BCUT2D eigenvalue weighted by molar-refractivity contribution is 7.99. The summed E-state index contributed by atoms with van der Waals surface area (Å²) in [5.74, 6) is 1.78. The molecule has 1 N–H and O–H groups in total. The molecule has 4 nitrogen and oxygen atoms in total. The average molecular weight is 252 g/mol. The monoisotopic (exact) mass is 252 g/mol. The molecule has 0 saturated carbocycles. The zero-order chi connectivity index (χ0) is 12.1. The molecule has 0 atom stereocenters. The van der Waals surface area contributed by atoms with Crippen molar-refractivity contribution in [3.05, 3.63) is 12.3 Å². The second-order valence-corrected chi connectivity index (χ2v) is 5.33. The number of aromatic nitrogens is 2. The molecule has 1 aromatic heterocycles. The lowest BCUT2D eigenvalue weighted by Gasteiger charge is -2.32. The quantitative estimate of drug-likeness (QED) is 0.890. The van der Waals surface area contributed by atoms with E-state index in [1.165, 1.54) is 12.8 Å². The summed E-state index contributed by atoms with van der Waals surface area (Å²) < 4.78 is 0. The van der Waals surface area contributed by atoms with Crippen molar-refractivity contribution in [1.82, 2.24) is 9.97 Å². The molecule has 17 heavy (non-hydrogen) atoms. The van der Waals surface area contributed by atoms with Gasteiger partial charge >= 0.3 is 0 Å².